The summed E-state index contributed by atoms with van der Waals surface area (Å²) in [5.74, 6) is 0. The van der Waals surface area contributed by atoms with Crippen LogP contribution in [0.25, 0.3) is 82.8 Å². The molecule has 0 fully saturated rings. The maximum atomic E-state index is 2.49. The Labute approximate surface area is 367 Å². The zero-order valence-corrected chi connectivity index (χ0v) is 34.7. The van der Waals surface area contributed by atoms with Crippen LogP contribution >= 0.6 is 0 Å². The van der Waals surface area contributed by atoms with E-state index >= 15 is 0 Å². The first-order valence-electron chi connectivity index (χ1n) is 21.9. The van der Waals surface area contributed by atoms with Crippen molar-refractivity contribution in [1.29, 1.82) is 0 Å². The molecule has 0 radical (unpaired) electrons. The quantitative estimate of drug-likeness (QED) is 0.149. The number of benzene rings is 9. The molecule has 0 saturated heterocycles. The molecular formula is C60H43N3. The van der Waals surface area contributed by atoms with Crippen molar-refractivity contribution in [1.82, 2.24) is 9.13 Å². The standard InChI is InChI=1S/C60H43N3/c1-3-15-42(16-4-1)44-27-33-48(34-28-44)61(49-35-29-45(30-36-49)43-17-5-2-6-18-43)50-37-31-46(32-38-50)47-39-51(62-57-23-11-7-19-53(57)54-20-8-12-24-58(54)62)41-52(40-47)63-59-25-13-9-21-55(59)56-22-10-14-26-60(56)63/h1-35,37-41,49H,36H2. The summed E-state index contributed by atoms with van der Waals surface area (Å²) < 4.78 is 4.88. The molecule has 0 bridgehead atoms. The molecule has 0 saturated carbocycles. The van der Waals surface area contributed by atoms with Crippen LogP contribution in [-0.2, 0) is 0 Å². The highest BCUT2D eigenvalue weighted by Crippen LogP contribution is 2.40. The van der Waals surface area contributed by atoms with E-state index in [1.54, 1.807) is 0 Å². The maximum absolute atomic E-state index is 2.49. The number of nitrogens with zero attached hydrogens (tertiary/aromatic N) is 3. The second kappa shape index (κ2) is 15.4. The smallest absolute Gasteiger partial charge is 0.0560 e. The van der Waals surface area contributed by atoms with Gasteiger partial charge in [-0.05, 0) is 107 Å². The summed E-state index contributed by atoms with van der Waals surface area (Å²) in [6.07, 6.45) is 7.94. The summed E-state index contributed by atoms with van der Waals surface area (Å²) in [6.45, 7) is 0. The summed E-state index contributed by atoms with van der Waals surface area (Å²) >= 11 is 0. The zero-order valence-electron chi connectivity index (χ0n) is 34.7. The first-order valence-corrected chi connectivity index (χ1v) is 21.9. The van der Waals surface area contributed by atoms with Crippen molar-refractivity contribution >= 4 is 60.6 Å². The first kappa shape index (κ1) is 36.7. The Kier molecular flexibility index (Phi) is 8.97. The first-order chi connectivity index (χ1) is 31.2. The normalized spacial score (nSPS) is 13.8. The Bertz CT molecular complexity index is 3280. The van der Waals surface area contributed by atoms with Gasteiger partial charge in [-0.15, -0.1) is 0 Å². The zero-order chi connectivity index (χ0) is 41.7. The highest BCUT2D eigenvalue weighted by molar-refractivity contribution is 6.10. The molecule has 63 heavy (non-hydrogen) atoms. The van der Waals surface area contributed by atoms with Crippen molar-refractivity contribution in [2.24, 2.45) is 0 Å². The van der Waals surface area contributed by atoms with Crippen molar-refractivity contribution in [2.75, 3.05) is 4.90 Å². The summed E-state index contributed by atoms with van der Waals surface area (Å²) in [4.78, 5) is 2.49. The van der Waals surface area contributed by atoms with Gasteiger partial charge in [0.25, 0.3) is 0 Å². The number of rotatable bonds is 8. The van der Waals surface area contributed by atoms with Gasteiger partial charge in [0.2, 0.25) is 0 Å². The number of fused-ring (bicyclic) bond motifs is 6. The number of hydrogen-bond donors (Lipinski definition) is 0. The summed E-state index contributed by atoms with van der Waals surface area (Å²) in [6, 6.07) is 81.9. The molecule has 11 aromatic rings. The number of aromatic nitrogens is 2. The van der Waals surface area contributed by atoms with Gasteiger partial charge in [0, 0.05) is 44.3 Å². The Morgan fingerprint density at radius 2 is 0.730 bits per heavy atom. The van der Waals surface area contributed by atoms with Crippen LogP contribution in [0.1, 0.15) is 12.0 Å². The van der Waals surface area contributed by atoms with Gasteiger partial charge in [-0.1, -0.05) is 176 Å². The molecule has 0 spiro atoms. The Balaban J connectivity index is 1.00. The molecule has 0 N–H and O–H groups in total. The van der Waals surface area contributed by atoms with E-state index in [4.69, 9.17) is 0 Å². The molecule has 3 heteroatoms. The SMILES string of the molecule is C1=CC(N(c2ccc(-c3ccccc3)cc2)c2ccc(-c3cc(-n4c5ccccc5c5ccccc54)cc(-n4c5ccccc5c5ccccc54)c3)cc2)CC=C1c1ccccc1. The molecule has 1 atom stereocenters. The minimum Gasteiger partial charge on any atom is -0.334 e. The lowest BCUT2D eigenvalue weighted by Gasteiger charge is -2.33. The fourth-order valence-electron chi connectivity index (χ4n) is 9.86. The third-order valence-electron chi connectivity index (χ3n) is 12.8. The average molecular weight is 806 g/mol. The highest BCUT2D eigenvalue weighted by atomic mass is 15.2. The molecule has 2 aromatic heterocycles. The molecule has 1 aliphatic rings. The minimum absolute atomic E-state index is 0.145. The maximum Gasteiger partial charge on any atom is 0.0560 e. The van der Waals surface area contributed by atoms with Crippen LogP contribution in [0.2, 0.25) is 0 Å². The summed E-state index contributed by atoms with van der Waals surface area (Å²) in [5.41, 5.74) is 16.6. The largest absolute Gasteiger partial charge is 0.334 e. The van der Waals surface area contributed by atoms with Gasteiger partial charge >= 0.3 is 0 Å². The third-order valence-corrected chi connectivity index (χ3v) is 12.8. The number of anilines is 2. The second-order valence-electron chi connectivity index (χ2n) is 16.5. The van der Waals surface area contributed by atoms with Crippen LogP contribution in [0.5, 0.6) is 0 Å². The molecule has 3 nitrogen and oxygen atoms in total. The van der Waals surface area contributed by atoms with Gasteiger partial charge in [-0.2, -0.15) is 0 Å². The van der Waals surface area contributed by atoms with E-state index in [1.165, 1.54) is 65.9 Å². The number of hydrogen-bond acceptors (Lipinski definition) is 1. The van der Waals surface area contributed by atoms with Crippen molar-refractivity contribution in [2.45, 2.75) is 12.5 Å². The van der Waals surface area contributed by atoms with Crippen molar-refractivity contribution in [3.8, 4) is 33.6 Å². The summed E-state index contributed by atoms with van der Waals surface area (Å²) in [7, 11) is 0. The Morgan fingerprint density at radius 3 is 1.16 bits per heavy atom. The van der Waals surface area contributed by atoms with Crippen molar-refractivity contribution in [3.05, 3.63) is 248 Å². The number of allylic oxidation sites excluding steroid dienone is 2. The molecule has 1 unspecified atom stereocenters. The molecule has 9 aromatic carbocycles. The molecule has 0 amide bonds. The van der Waals surface area contributed by atoms with E-state index in [0.29, 0.717) is 0 Å². The van der Waals surface area contributed by atoms with Gasteiger partial charge in [0.1, 0.15) is 0 Å². The molecule has 298 valence electrons. The van der Waals surface area contributed by atoms with Crippen molar-refractivity contribution < 1.29 is 0 Å². The fraction of sp³-hybridized carbons (Fsp3) is 0.0333. The van der Waals surface area contributed by atoms with Crippen LogP contribution in [0.15, 0.2) is 243 Å². The monoisotopic (exact) mass is 805 g/mol. The predicted molar refractivity (Wildman–Crippen MR) is 267 cm³/mol. The van der Waals surface area contributed by atoms with Gasteiger partial charge in [0.05, 0.1) is 28.1 Å². The predicted octanol–water partition coefficient (Wildman–Crippen LogP) is 15.8. The lowest BCUT2D eigenvalue weighted by atomic mass is 9.95. The lowest BCUT2D eigenvalue weighted by Crippen LogP contribution is -2.30. The van der Waals surface area contributed by atoms with Gasteiger partial charge in [-0.3, -0.25) is 0 Å². The summed E-state index contributed by atoms with van der Waals surface area (Å²) in [5, 5.41) is 5.00. The second-order valence-corrected chi connectivity index (χ2v) is 16.5. The van der Waals surface area contributed by atoms with E-state index in [0.717, 1.165) is 40.3 Å². The van der Waals surface area contributed by atoms with Gasteiger partial charge in [0.15, 0.2) is 0 Å². The Hall–Kier alpha value is -8.14. The van der Waals surface area contributed by atoms with E-state index in [1.807, 2.05) is 0 Å². The van der Waals surface area contributed by atoms with Gasteiger partial charge < -0.3 is 14.0 Å². The van der Waals surface area contributed by atoms with Crippen LogP contribution < -0.4 is 4.90 Å². The third kappa shape index (κ3) is 6.45. The minimum atomic E-state index is 0.145. The highest BCUT2D eigenvalue weighted by Gasteiger charge is 2.22. The van der Waals surface area contributed by atoms with Crippen molar-refractivity contribution in [3.63, 3.8) is 0 Å². The van der Waals surface area contributed by atoms with E-state index < -0.39 is 0 Å². The Morgan fingerprint density at radius 1 is 0.349 bits per heavy atom. The fourth-order valence-corrected chi connectivity index (χ4v) is 9.86. The number of para-hydroxylation sites is 4. The topological polar surface area (TPSA) is 13.1 Å². The van der Waals surface area contributed by atoms with Crippen LogP contribution in [0.4, 0.5) is 11.4 Å². The van der Waals surface area contributed by atoms with Crippen LogP contribution in [0.3, 0.4) is 0 Å². The van der Waals surface area contributed by atoms with Crippen LogP contribution in [0, 0.1) is 0 Å². The molecular weight excluding hydrogens is 763 g/mol. The molecule has 12 rings (SSSR count). The molecule has 0 aliphatic heterocycles. The van der Waals surface area contributed by atoms with Crippen LogP contribution in [-0.4, -0.2) is 15.2 Å². The average Bonchev–Trinajstić information content (AvgIpc) is 3.88. The van der Waals surface area contributed by atoms with E-state index in [9.17, 15) is 0 Å². The lowest BCUT2D eigenvalue weighted by molar-refractivity contribution is 0.787. The van der Waals surface area contributed by atoms with E-state index in [-0.39, 0.29) is 6.04 Å². The van der Waals surface area contributed by atoms with Gasteiger partial charge in [-0.25, -0.2) is 0 Å². The molecule has 2 heterocycles. The molecule has 1 aliphatic carbocycles. The van der Waals surface area contributed by atoms with E-state index in [2.05, 4.69) is 257 Å².